The van der Waals surface area contributed by atoms with Crippen LogP contribution in [-0.2, 0) is 33.3 Å². The summed E-state index contributed by atoms with van der Waals surface area (Å²) < 4.78 is 20.0. The van der Waals surface area contributed by atoms with Gasteiger partial charge in [-0.3, -0.25) is 14.4 Å². The van der Waals surface area contributed by atoms with E-state index in [4.69, 9.17) is 31.3 Å². The van der Waals surface area contributed by atoms with Gasteiger partial charge in [0.2, 0.25) is 5.54 Å². The molecule has 0 heterocycles. The van der Waals surface area contributed by atoms with Crippen LogP contribution in [0.15, 0.2) is 0 Å². The number of hydrogen-bond acceptors (Lipinski definition) is 9. The number of hydrogen-bond donors (Lipinski definition) is 2. The summed E-state index contributed by atoms with van der Waals surface area (Å²) in [7, 11) is 4.43. The molecule has 284 valence electrons. The summed E-state index contributed by atoms with van der Waals surface area (Å²) in [5.41, 5.74) is 5.05. The summed E-state index contributed by atoms with van der Waals surface area (Å²) in [5, 5.41) is 2.90. The van der Waals surface area contributed by atoms with Crippen molar-refractivity contribution in [1.82, 2.24) is 5.32 Å². The van der Waals surface area contributed by atoms with Crippen molar-refractivity contribution in [3.63, 3.8) is 0 Å². The number of alkyl carbamates (subject to hydrolysis) is 1. The van der Waals surface area contributed by atoms with Gasteiger partial charge in [-0.25, -0.2) is 11.4 Å². The molecule has 0 aromatic heterocycles. The molecule has 0 saturated heterocycles. The quantitative estimate of drug-likeness (QED) is 0.167. The molecule has 50 heavy (non-hydrogen) atoms. The third-order valence-corrected chi connectivity index (χ3v) is 13.5. The normalized spacial score (nSPS) is 36.0. The van der Waals surface area contributed by atoms with E-state index in [9.17, 15) is 19.2 Å². The number of fused-ring (bicyclic) bond motifs is 9. The van der Waals surface area contributed by atoms with Crippen LogP contribution in [0.2, 0.25) is 0 Å². The zero-order valence-electron chi connectivity index (χ0n) is 31.3. The average molecular weight is 724 g/mol. The van der Waals surface area contributed by atoms with Gasteiger partial charge in [-0.1, -0.05) is 0 Å². The SMILES string of the molecule is COC(=O)C12CCC(CN)(CC1)CC2.COC(=O)C12CCC(CNC(=O)OC(C)(C)C)(CC1)CC2.Cl.[C-]#[N+]C12CCC(C(=O)OC)(CC1)CC2. The topological polar surface area (TPSA) is 148 Å². The lowest BCUT2D eigenvalue weighted by Crippen LogP contribution is -2.51. The van der Waals surface area contributed by atoms with E-state index >= 15 is 0 Å². The van der Waals surface area contributed by atoms with Crippen molar-refractivity contribution in [2.45, 2.75) is 147 Å². The third kappa shape index (κ3) is 8.71. The minimum absolute atomic E-state index is 0. The molecule has 6 bridgehead atoms. The first-order chi connectivity index (χ1) is 23.0. The first-order valence-corrected chi connectivity index (χ1v) is 18.3. The maximum atomic E-state index is 12.0. The fourth-order valence-corrected chi connectivity index (χ4v) is 9.57. The van der Waals surface area contributed by atoms with E-state index in [0.717, 1.165) is 122 Å². The van der Waals surface area contributed by atoms with E-state index in [1.807, 2.05) is 20.8 Å². The Kier molecular flexibility index (Phi) is 13.4. The van der Waals surface area contributed by atoms with Crippen LogP contribution in [-0.4, -0.2) is 69.6 Å². The second kappa shape index (κ2) is 16.0. The highest BCUT2D eigenvalue weighted by molar-refractivity contribution is 5.85. The van der Waals surface area contributed by atoms with Crippen molar-refractivity contribution in [3.8, 4) is 0 Å². The van der Waals surface area contributed by atoms with Crippen LogP contribution in [0.4, 0.5) is 4.79 Å². The van der Waals surface area contributed by atoms with Gasteiger partial charge in [-0.2, -0.15) is 0 Å². The molecule has 9 rings (SSSR count). The Morgan fingerprint density at radius 3 is 1.22 bits per heavy atom. The summed E-state index contributed by atoms with van der Waals surface area (Å²) in [5.74, 6) is -0.116. The monoisotopic (exact) mass is 723 g/mol. The Balaban J connectivity index is 0.000000207. The van der Waals surface area contributed by atoms with Crippen molar-refractivity contribution in [3.05, 3.63) is 11.4 Å². The highest BCUT2D eigenvalue weighted by Crippen LogP contribution is 2.58. The molecule has 9 aliphatic carbocycles. The first-order valence-electron chi connectivity index (χ1n) is 18.3. The molecular weight excluding hydrogens is 662 g/mol. The number of halogens is 1. The van der Waals surface area contributed by atoms with Crippen molar-refractivity contribution in [2.24, 2.45) is 32.8 Å². The lowest BCUT2D eigenvalue weighted by atomic mass is 9.53. The Bertz CT molecular complexity index is 1210. The summed E-state index contributed by atoms with van der Waals surface area (Å²) in [6, 6.07) is 0. The molecule has 9 saturated carbocycles. The standard InChI is InChI=1S/C16H27NO4.C11H15NO2.C11H19NO2.ClH/c1-14(2,3)21-13(19)17-11-15-5-8-16(9-6-15,10-7-15)12(18)20-4;1-12-11-6-3-10(4-7-11,5-8-11)9(13)14-2;1-14-9(13)11-5-2-10(8-12,3-6-11)4-7-11;/h5-11H2,1-4H3,(H,17,19);3-8H2,2H3;2-8,12H2,1H3;1H. The second-order valence-electron chi connectivity index (χ2n) is 17.2. The zero-order chi connectivity index (χ0) is 36.2. The fourth-order valence-electron chi connectivity index (χ4n) is 9.57. The molecule has 0 atom stereocenters. The van der Waals surface area contributed by atoms with Gasteiger partial charge in [-0.15, -0.1) is 12.4 Å². The average Bonchev–Trinajstić information content (AvgIpc) is 3.15. The molecule has 3 N–H and O–H groups in total. The van der Waals surface area contributed by atoms with Crippen LogP contribution in [0.1, 0.15) is 136 Å². The summed E-state index contributed by atoms with van der Waals surface area (Å²) >= 11 is 0. The van der Waals surface area contributed by atoms with E-state index in [-0.39, 0.29) is 63.6 Å². The number of esters is 3. The predicted octanol–water partition coefficient (Wildman–Crippen LogP) is 7.08. The summed E-state index contributed by atoms with van der Waals surface area (Å²) in [4.78, 5) is 50.8. The van der Waals surface area contributed by atoms with E-state index in [2.05, 4.69) is 10.2 Å². The number of rotatable bonds is 6. The predicted molar refractivity (Wildman–Crippen MR) is 191 cm³/mol. The zero-order valence-corrected chi connectivity index (χ0v) is 32.2. The third-order valence-electron chi connectivity index (χ3n) is 13.5. The number of nitrogens with one attached hydrogen (secondary N) is 1. The minimum atomic E-state index is -0.471. The summed E-state index contributed by atoms with van der Waals surface area (Å²) in [6.45, 7) is 14.2. The molecule has 9 fully saturated rings. The fraction of sp³-hybridized carbons (Fsp3) is 0.868. The van der Waals surface area contributed by atoms with Crippen LogP contribution in [0.25, 0.3) is 4.85 Å². The van der Waals surface area contributed by atoms with Crippen LogP contribution in [0.3, 0.4) is 0 Å². The van der Waals surface area contributed by atoms with Crippen molar-refractivity contribution >= 4 is 36.4 Å². The van der Waals surface area contributed by atoms with Crippen molar-refractivity contribution in [2.75, 3.05) is 34.4 Å². The van der Waals surface area contributed by atoms with Gasteiger partial charge in [0.1, 0.15) is 5.60 Å². The molecule has 11 nitrogen and oxygen atoms in total. The second-order valence-corrected chi connectivity index (χ2v) is 17.2. The van der Waals surface area contributed by atoms with E-state index in [1.54, 1.807) is 0 Å². The molecule has 0 aliphatic heterocycles. The van der Waals surface area contributed by atoms with Gasteiger partial charge in [-0.05, 0) is 134 Å². The largest absolute Gasteiger partial charge is 0.469 e. The Labute approximate surface area is 305 Å². The summed E-state index contributed by atoms with van der Waals surface area (Å²) in [6.07, 6.45) is 16.6. The molecule has 0 aromatic carbocycles. The number of methoxy groups -OCH3 is 3. The van der Waals surface area contributed by atoms with E-state index < -0.39 is 5.60 Å². The van der Waals surface area contributed by atoms with Gasteiger partial charge in [0.15, 0.2) is 0 Å². The van der Waals surface area contributed by atoms with Gasteiger partial charge < -0.3 is 34.8 Å². The van der Waals surface area contributed by atoms with Crippen LogP contribution >= 0.6 is 12.4 Å². The van der Waals surface area contributed by atoms with Crippen molar-refractivity contribution < 1.29 is 38.1 Å². The number of ether oxygens (including phenoxy) is 4. The molecule has 0 radical (unpaired) electrons. The van der Waals surface area contributed by atoms with Crippen molar-refractivity contribution in [1.29, 1.82) is 0 Å². The Morgan fingerprint density at radius 1 is 0.620 bits per heavy atom. The number of carbonyl (C=O) groups is 4. The molecule has 0 aromatic rings. The highest BCUT2D eigenvalue weighted by atomic mass is 35.5. The molecular formula is C38H62ClN3O8. The molecule has 0 unspecified atom stereocenters. The lowest BCUT2D eigenvalue weighted by molar-refractivity contribution is -0.163. The Hall–Kier alpha value is -2.58. The van der Waals surface area contributed by atoms with Gasteiger partial charge in [0.25, 0.3) is 0 Å². The number of carbonyl (C=O) groups excluding carboxylic acids is 4. The number of nitrogens with two attached hydrogens (primary N) is 1. The minimum Gasteiger partial charge on any atom is -0.469 e. The Morgan fingerprint density at radius 2 is 0.940 bits per heavy atom. The molecule has 9 aliphatic rings. The molecule has 1 amide bonds. The maximum Gasteiger partial charge on any atom is 0.407 e. The van der Waals surface area contributed by atoms with Crippen LogP contribution in [0.5, 0.6) is 0 Å². The van der Waals surface area contributed by atoms with Crippen LogP contribution < -0.4 is 11.1 Å². The van der Waals surface area contributed by atoms with E-state index in [1.165, 1.54) is 21.3 Å². The van der Waals surface area contributed by atoms with Gasteiger partial charge >= 0.3 is 24.0 Å². The van der Waals surface area contributed by atoms with Gasteiger partial charge in [0.05, 0.1) is 37.6 Å². The van der Waals surface area contributed by atoms with Gasteiger partial charge in [0, 0.05) is 25.8 Å². The lowest BCUT2D eigenvalue weighted by Gasteiger charge is -2.51. The first kappa shape index (κ1) is 41.8. The van der Waals surface area contributed by atoms with E-state index in [0.29, 0.717) is 12.0 Å². The maximum absolute atomic E-state index is 12.0. The highest BCUT2D eigenvalue weighted by Gasteiger charge is 2.57. The molecule has 0 spiro atoms. The molecule has 12 heteroatoms. The smallest absolute Gasteiger partial charge is 0.407 e. The number of nitrogens with zero attached hydrogens (tertiary/aromatic N) is 1. The number of amides is 1. The van der Waals surface area contributed by atoms with Crippen LogP contribution in [0, 0.1) is 33.6 Å².